The first kappa shape index (κ1) is 13.2. The van der Waals surface area contributed by atoms with E-state index in [4.69, 9.17) is 16.2 Å². The van der Waals surface area contributed by atoms with E-state index in [9.17, 15) is 14.9 Å². The van der Waals surface area contributed by atoms with E-state index < -0.39 is 16.5 Å². The SMILES string of the molecule is NC(=O)c1ccccc1Oc1ncnc(N)c1[N+](=O)[O-]. The number of anilines is 1. The number of nitrogens with zero attached hydrogens (tertiary/aromatic N) is 3. The molecule has 0 atom stereocenters. The zero-order valence-electron chi connectivity index (χ0n) is 10.0. The van der Waals surface area contributed by atoms with E-state index in [-0.39, 0.29) is 23.0 Å². The Morgan fingerprint density at radius 3 is 2.65 bits per heavy atom. The average Bonchev–Trinajstić information content (AvgIpc) is 2.38. The van der Waals surface area contributed by atoms with E-state index in [0.29, 0.717) is 0 Å². The van der Waals surface area contributed by atoms with Crippen LogP contribution in [0.2, 0.25) is 0 Å². The molecule has 9 nitrogen and oxygen atoms in total. The number of rotatable bonds is 4. The van der Waals surface area contributed by atoms with Gasteiger partial charge in [0.25, 0.3) is 5.91 Å². The highest BCUT2D eigenvalue weighted by atomic mass is 16.6. The summed E-state index contributed by atoms with van der Waals surface area (Å²) in [6.07, 6.45) is 1.02. The fraction of sp³-hybridized carbons (Fsp3) is 0. The fourth-order valence-electron chi connectivity index (χ4n) is 1.49. The Kier molecular flexibility index (Phi) is 3.42. The van der Waals surface area contributed by atoms with Crippen LogP contribution in [0, 0.1) is 10.1 Å². The number of nitrogens with two attached hydrogens (primary N) is 2. The number of hydrogen-bond acceptors (Lipinski definition) is 7. The van der Waals surface area contributed by atoms with E-state index in [2.05, 4.69) is 9.97 Å². The van der Waals surface area contributed by atoms with Crippen LogP contribution < -0.4 is 16.2 Å². The lowest BCUT2D eigenvalue weighted by atomic mass is 10.2. The maximum Gasteiger partial charge on any atom is 0.372 e. The van der Waals surface area contributed by atoms with Gasteiger partial charge in [-0.05, 0) is 12.1 Å². The van der Waals surface area contributed by atoms with Crippen LogP contribution >= 0.6 is 0 Å². The van der Waals surface area contributed by atoms with Crippen molar-refractivity contribution in [2.75, 3.05) is 5.73 Å². The van der Waals surface area contributed by atoms with Crippen LogP contribution in [0.25, 0.3) is 0 Å². The summed E-state index contributed by atoms with van der Waals surface area (Å²) in [5, 5.41) is 10.9. The first-order valence-corrected chi connectivity index (χ1v) is 5.32. The van der Waals surface area contributed by atoms with Gasteiger partial charge in [0, 0.05) is 0 Å². The Hall–Kier alpha value is -3.23. The summed E-state index contributed by atoms with van der Waals surface area (Å²) < 4.78 is 5.27. The second-order valence-corrected chi connectivity index (χ2v) is 3.63. The van der Waals surface area contributed by atoms with Gasteiger partial charge in [0.15, 0.2) is 0 Å². The normalized spacial score (nSPS) is 10.0. The minimum absolute atomic E-state index is 0.0428. The van der Waals surface area contributed by atoms with Crippen LogP contribution in [-0.2, 0) is 0 Å². The third-order valence-electron chi connectivity index (χ3n) is 2.36. The molecule has 102 valence electrons. The highest BCUT2D eigenvalue weighted by Crippen LogP contribution is 2.33. The highest BCUT2D eigenvalue weighted by molar-refractivity contribution is 5.95. The number of benzene rings is 1. The van der Waals surface area contributed by atoms with Crippen molar-refractivity contribution in [1.29, 1.82) is 0 Å². The smallest absolute Gasteiger partial charge is 0.372 e. The Labute approximate surface area is 112 Å². The topological polar surface area (TPSA) is 147 Å². The molecule has 0 saturated carbocycles. The van der Waals surface area contributed by atoms with Crippen molar-refractivity contribution in [3.63, 3.8) is 0 Å². The minimum atomic E-state index is -0.766. The molecule has 1 amide bonds. The van der Waals surface area contributed by atoms with E-state index >= 15 is 0 Å². The summed E-state index contributed by atoms with van der Waals surface area (Å²) in [5.41, 5.74) is 10.1. The van der Waals surface area contributed by atoms with Crippen molar-refractivity contribution < 1.29 is 14.5 Å². The lowest BCUT2D eigenvalue weighted by Crippen LogP contribution is -2.12. The predicted octanol–water partition coefficient (Wildman–Crippen LogP) is 0.858. The molecule has 0 aliphatic carbocycles. The van der Waals surface area contributed by atoms with Gasteiger partial charge in [-0.2, -0.15) is 4.98 Å². The predicted molar refractivity (Wildman–Crippen MR) is 68.1 cm³/mol. The summed E-state index contributed by atoms with van der Waals surface area (Å²) in [6, 6.07) is 6.02. The molecule has 0 radical (unpaired) electrons. The zero-order chi connectivity index (χ0) is 14.7. The number of carbonyl (C=O) groups is 1. The van der Waals surface area contributed by atoms with Gasteiger partial charge in [-0.1, -0.05) is 12.1 Å². The summed E-state index contributed by atoms with van der Waals surface area (Å²) >= 11 is 0. The molecule has 2 rings (SSSR count). The molecule has 2 aromatic rings. The van der Waals surface area contributed by atoms with Gasteiger partial charge in [-0.15, -0.1) is 0 Å². The molecule has 1 aromatic heterocycles. The van der Waals surface area contributed by atoms with Crippen LogP contribution in [-0.4, -0.2) is 20.8 Å². The minimum Gasteiger partial charge on any atom is -0.433 e. The van der Waals surface area contributed by atoms with Crippen LogP contribution in [0.15, 0.2) is 30.6 Å². The Balaban J connectivity index is 2.49. The van der Waals surface area contributed by atoms with Gasteiger partial charge in [-0.3, -0.25) is 14.9 Å². The van der Waals surface area contributed by atoms with E-state index in [1.165, 1.54) is 12.1 Å². The monoisotopic (exact) mass is 275 g/mol. The second kappa shape index (κ2) is 5.18. The Bertz CT molecular complexity index is 688. The molecule has 0 aliphatic rings. The second-order valence-electron chi connectivity index (χ2n) is 3.63. The molecule has 9 heteroatoms. The molecule has 20 heavy (non-hydrogen) atoms. The average molecular weight is 275 g/mol. The Morgan fingerprint density at radius 1 is 1.30 bits per heavy atom. The molecule has 4 N–H and O–H groups in total. The van der Waals surface area contributed by atoms with Crippen LogP contribution in [0.1, 0.15) is 10.4 Å². The van der Waals surface area contributed by atoms with Gasteiger partial charge in [0.2, 0.25) is 5.82 Å². The van der Waals surface area contributed by atoms with Crippen molar-refractivity contribution in [1.82, 2.24) is 9.97 Å². The number of nitro groups is 1. The van der Waals surface area contributed by atoms with Crippen molar-refractivity contribution >= 4 is 17.4 Å². The third kappa shape index (κ3) is 2.46. The summed E-state index contributed by atoms with van der Waals surface area (Å²) in [4.78, 5) is 28.6. The molecule has 1 heterocycles. The lowest BCUT2D eigenvalue weighted by molar-refractivity contribution is -0.385. The lowest BCUT2D eigenvalue weighted by Gasteiger charge is -2.08. The quantitative estimate of drug-likeness (QED) is 0.620. The first-order valence-electron chi connectivity index (χ1n) is 5.32. The van der Waals surface area contributed by atoms with Gasteiger partial charge in [0.05, 0.1) is 10.5 Å². The molecule has 1 aromatic carbocycles. The maximum absolute atomic E-state index is 11.2. The van der Waals surface area contributed by atoms with Gasteiger partial charge < -0.3 is 16.2 Å². The molecule has 0 fully saturated rings. The molecule has 0 unspecified atom stereocenters. The highest BCUT2D eigenvalue weighted by Gasteiger charge is 2.24. The van der Waals surface area contributed by atoms with E-state index in [1.807, 2.05) is 0 Å². The summed E-state index contributed by atoms with van der Waals surface area (Å²) in [5.74, 6) is -1.39. The molecule has 0 spiro atoms. The number of hydrogen-bond donors (Lipinski definition) is 2. The molecule has 0 aliphatic heterocycles. The molecule has 0 saturated heterocycles. The standard InChI is InChI=1S/C11H9N5O4/c12-9-8(16(18)19)11(15-5-14-9)20-7-4-2-1-3-6(7)10(13)17/h1-5H,(H2,13,17)(H2,12,14,15). The third-order valence-corrected chi connectivity index (χ3v) is 2.36. The first-order chi connectivity index (χ1) is 9.50. The summed E-state index contributed by atoms with van der Waals surface area (Å²) in [6.45, 7) is 0. The maximum atomic E-state index is 11.2. The van der Waals surface area contributed by atoms with Gasteiger partial charge in [-0.25, -0.2) is 4.98 Å². The van der Waals surface area contributed by atoms with Crippen molar-refractivity contribution in [2.45, 2.75) is 0 Å². The molecule has 0 bridgehead atoms. The number of primary amides is 1. The van der Waals surface area contributed by atoms with Crippen LogP contribution in [0.3, 0.4) is 0 Å². The Morgan fingerprint density at radius 2 is 2.00 bits per heavy atom. The number of carbonyl (C=O) groups excluding carboxylic acids is 1. The number of ether oxygens (including phenoxy) is 1. The van der Waals surface area contributed by atoms with E-state index in [0.717, 1.165) is 6.33 Å². The zero-order valence-corrected chi connectivity index (χ0v) is 10.0. The largest absolute Gasteiger partial charge is 0.433 e. The van der Waals surface area contributed by atoms with Crippen LogP contribution in [0.4, 0.5) is 11.5 Å². The van der Waals surface area contributed by atoms with Gasteiger partial charge in [0.1, 0.15) is 12.1 Å². The van der Waals surface area contributed by atoms with Crippen molar-refractivity contribution in [2.24, 2.45) is 5.73 Å². The number of aromatic nitrogens is 2. The van der Waals surface area contributed by atoms with Crippen LogP contribution in [0.5, 0.6) is 11.6 Å². The fourth-order valence-corrected chi connectivity index (χ4v) is 1.49. The van der Waals surface area contributed by atoms with E-state index in [1.54, 1.807) is 12.1 Å². The van der Waals surface area contributed by atoms with Gasteiger partial charge >= 0.3 is 11.6 Å². The number of para-hydroxylation sites is 1. The number of amides is 1. The van der Waals surface area contributed by atoms with Crippen molar-refractivity contribution in [3.05, 3.63) is 46.3 Å². The molecular formula is C11H9N5O4. The molecular weight excluding hydrogens is 266 g/mol. The summed E-state index contributed by atoms with van der Waals surface area (Å²) in [7, 11) is 0. The number of nitrogen functional groups attached to an aromatic ring is 1. The van der Waals surface area contributed by atoms with Crippen molar-refractivity contribution in [3.8, 4) is 11.6 Å².